The zero-order valence-corrected chi connectivity index (χ0v) is 45.0. The Morgan fingerprint density at radius 3 is 1.38 bits per heavy atom. The minimum atomic E-state index is -1.37. The van der Waals surface area contributed by atoms with Crippen LogP contribution in [0.1, 0.15) is 31.1 Å². The maximum atomic E-state index is 12.4. The molecule has 77 heavy (non-hydrogen) atoms. The SMILES string of the molecule is CN(C(=O)Nc1ccccc1Cl)c1cc2oc(=O)c(C(=O)O)cc2s1.CNc1cc2oc(=O)c(C(=O)OC)cc2s1.COC(=O)c1cc2sc(N(C)C(=O)Nc3ccccc3Cl)cc2oc1=O.O=C=Nc1ccccc1Cl. The van der Waals surface area contributed by atoms with E-state index in [0.717, 1.165) is 21.0 Å². The van der Waals surface area contributed by atoms with E-state index in [1.54, 1.807) is 99.0 Å². The molecule has 4 amide bonds. The van der Waals surface area contributed by atoms with E-state index in [1.165, 1.54) is 84.1 Å². The molecule has 0 unspecified atom stereocenters. The highest BCUT2D eigenvalue weighted by Gasteiger charge is 2.22. The largest absolute Gasteiger partial charge is 0.477 e. The Balaban J connectivity index is 0.000000175. The Labute approximate surface area is 460 Å². The molecule has 0 bridgehead atoms. The van der Waals surface area contributed by atoms with Crippen LogP contribution in [0.25, 0.3) is 30.8 Å². The van der Waals surface area contributed by atoms with Gasteiger partial charge in [0.25, 0.3) is 0 Å². The number of para-hydroxylation sites is 3. The molecule has 9 aromatic rings. The van der Waals surface area contributed by atoms with Gasteiger partial charge in [-0.05, 0) is 54.6 Å². The van der Waals surface area contributed by atoms with Crippen molar-refractivity contribution >= 4 is 168 Å². The lowest BCUT2D eigenvalue weighted by atomic mass is 10.3. The fraction of sp³-hybridized carbons (Fsp3) is 0.100. The van der Waals surface area contributed by atoms with E-state index in [1.807, 2.05) is 0 Å². The van der Waals surface area contributed by atoms with Crippen LogP contribution in [0.4, 0.5) is 41.7 Å². The number of ether oxygens (including phenoxy) is 2. The number of nitrogens with one attached hydrogen (secondary N) is 3. The van der Waals surface area contributed by atoms with Gasteiger partial charge in [-0.1, -0.05) is 71.2 Å². The van der Waals surface area contributed by atoms with E-state index in [9.17, 15) is 43.2 Å². The zero-order chi connectivity index (χ0) is 56.1. The molecule has 396 valence electrons. The number of urea groups is 2. The quantitative estimate of drug-likeness (QED) is 0.0593. The van der Waals surface area contributed by atoms with Crippen LogP contribution in [0.2, 0.25) is 15.1 Å². The van der Waals surface area contributed by atoms with E-state index in [0.29, 0.717) is 57.1 Å². The van der Waals surface area contributed by atoms with Crippen LogP contribution in [-0.2, 0) is 14.3 Å². The minimum Gasteiger partial charge on any atom is -0.477 e. The predicted molar refractivity (Wildman–Crippen MR) is 297 cm³/mol. The molecule has 0 atom stereocenters. The second-order valence-electron chi connectivity index (χ2n) is 14.9. The highest BCUT2D eigenvalue weighted by atomic mass is 35.5. The monoisotopic (exact) mass is 1160 g/mol. The Kier molecular flexibility index (Phi) is 19.7. The molecular weight excluding hydrogens is 1130 g/mol. The predicted octanol–water partition coefficient (Wildman–Crippen LogP) is 11.8. The van der Waals surface area contributed by atoms with Crippen molar-refractivity contribution in [1.82, 2.24) is 0 Å². The van der Waals surface area contributed by atoms with Gasteiger partial charge in [0.05, 0.1) is 65.5 Å². The Morgan fingerprint density at radius 2 is 0.974 bits per heavy atom. The number of aliphatic imine (C=N–C) groups is 1. The van der Waals surface area contributed by atoms with Crippen LogP contribution in [-0.4, -0.2) is 76.5 Å². The van der Waals surface area contributed by atoms with Crippen LogP contribution < -0.4 is 42.6 Å². The van der Waals surface area contributed by atoms with Crippen LogP contribution in [0.3, 0.4) is 0 Å². The number of methoxy groups -OCH3 is 2. The highest BCUT2D eigenvalue weighted by molar-refractivity contribution is 7.23. The van der Waals surface area contributed by atoms with Crippen molar-refractivity contribution in [2.45, 2.75) is 0 Å². The summed E-state index contributed by atoms with van der Waals surface area (Å²) in [4.78, 5) is 109. The maximum absolute atomic E-state index is 12.4. The van der Waals surface area contributed by atoms with Gasteiger partial charge < -0.3 is 43.8 Å². The summed E-state index contributed by atoms with van der Waals surface area (Å²) in [5.41, 5.74) is -0.795. The average molecular weight is 1160 g/mol. The van der Waals surface area contributed by atoms with E-state index in [4.69, 9.17) is 53.2 Å². The van der Waals surface area contributed by atoms with E-state index in [2.05, 4.69) is 30.4 Å². The summed E-state index contributed by atoms with van der Waals surface area (Å²) in [6.07, 6.45) is 1.42. The number of carboxylic acids is 1. The van der Waals surface area contributed by atoms with Gasteiger partial charge in [-0.3, -0.25) is 9.80 Å². The summed E-state index contributed by atoms with van der Waals surface area (Å²) >= 11 is 21.4. The van der Waals surface area contributed by atoms with Gasteiger partial charge in [-0.25, -0.2) is 43.2 Å². The number of rotatable bonds is 9. The third kappa shape index (κ3) is 14.4. The number of hydrogen-bond donors (Lipinski definition) is 4. The molecule has 0 spiro atoms. The van der Waals surface area contributed by atoms with Crippen LogP contribution in [0.5, 0.6) is 0 Å². The first-order valence-corrected chi connectivity index (χ1v) is 25.1. The molecule has 4 N–H and O–H groups in total. The summed E-state index contributed by atoms with van der Waals surface area (Å²) in [5, 5.41) is 20.4. The Bertz CT molecular complexity index is 3940. The number of benzene rings is 3. The molecule has 0 saturated carbocycles. The number of nitrogens with zero attached hydrogens (tertiary/aromatic N) is 3. The molecule has 0 aliphatic heterocycles. The van der Waals surface area contributed by atoms with Gasteiger partial charge in [0.1, 0.15) is 26.7 Å². The third-order valence-corrected chi connectivity index (χ3v) is 14.4. The molecule has 0 saturated heterocycles. The zero-order valence-electron chi connectivity index (χ0n) is 40.3. The van der Waals surface area contributed by atoms with Crippen molar-refractivity contribution < 1.29 is 56.6 Å². The smallest absolute Gasteiger partial charge is 0.351 e. The van der Waals surface area contributed by atoms with Gasteiger partial charge in [0, 0.05) is 39.3 Å². The number of carbonyl (C=O) groups excluding carboxylic acids is 5. The summed E-state index contributed by atoms with van der Waals surface area (Å²) < 4.78 is 25.9. The number of carboxylic acid groups (broad SMARTS) is 1. The molecular formula is C50H37Cl3N6O15S3. The summed E-state index contributed by atoms with van der Waals surface area (Å²) in [7, 11) is 7.27. The number of amides is 4. The van der Waals surface area contributed by atoms with E-state index in [-0.39, 0.29) is 22.3 Å². The van der Waals surface area contributed by atoms with Crippen molar-refractivity contribution in [2.24, 2.45) is 4.99 Å². The lowest BCUT2D eigenvalue weighted by Gasteiger charge is -2.16. The molecule has 0 fully saturated rings. The van der Waals surface area contributed by atoms with Crippen LogP contribution in [0.15, 0.2) is 142 Å². The highest BCUT2D eigenvalue weighted by Crippen LogP contribution is 2.35. The fourth-order valence-electron chi connectivity index (χ4n) is 6.14. The minimum absolute atomic E-state index is 0.0838. The van der Waals surface area contributed by atoms with E-state index < -0.39 is 52.4 Å². The van der Waals surface area contributed by atoms with Gasteiger partial charge in [-0.15, -0.1) is 34.0 Å². The van der Waals surface area contributed by atoms with Crippen molar-refractivity contribution in [3.8, 4) is 0 Å². The second kappa shape index (κ2) is 26.2. The normalized spacial score (nSPS) is 10.3. The number of thiophene rings is 3. The first-order valence-electron chi connectivity index (χ1n) is 21.5. The van der Waals surface area contributed by atoms with Crippen molar-refractivity contribution in [3.05, 3.63) is 172 Å². The van der Waals surface area contributed by atoms with E-state index >= 15 is 0 Å². The number of hydrogen-bond acceptors (Lipinski definition) is 19. The average Bonchev–Trinajstić information content (AvgIpc) is 4.16. The van der Waals surface area contributed by atoms with Crippen molar-refractivity contribution in [1.29, 1.82) is 0 Å². The summed E-state index contributed by atoms with van der Waals surface area (Å²) in [6, 6.07) is 28.5. The third-order valence-electron chi connectivity index (χ3n) is 10.1. The lowest BCUT2D eigenvalue weighted by molar-refractivity contribution is 0.0587. The maximum Gasteiger partial charge on any atom is 0.351 e. The molecule has 9 rings (SSSR count). The lowest BCUT2D eigenvalue weighted by Crippen LogP contribution is -2.30. The summed E-state index contributed by atoms with van der Waals surface area (Å²) in [5.74, 6) is -2.83. The summed E-state index contributed by atoms with van der Waals surface area (Å²) in [6.45, 7) is 0. The van der Waals surface area contributed by atoms with Crippen molar-refractivity contribution in [2.75, 3.05) is 61.1 Å². The molecule has 27 heteroatoms. The Morgan fingerprint density at radius 1 is 0.584 bits per heavy atom. The molecule has 0 radical (unpaired) electrons. The van der Waals surface area contributed by atoms with Gasteiger partial charge in [-0.2, -0.15) is 4.99 Å². The molecule has 3 aromatic carbocycles. The Hall–Kier alpha value is -8.61. The number of fused-ring (bicyclic) bond motifs is 3. The van der Waals surface area contributed by atoms with Gasteiger partial charge in [0.2, 0.25) is 6.08 Å². The van der Waals surface area contributed by atoms with Crippen LogP contribution in [0, 0.1) is 0 Å². The van der Waals surface area contributed by atoms with Gasteiger partial charge >= 0.3 is 46.8 Å². The molecule has 0 aliphatic rings. The molecule has 6 heterocycles. The topological polar surface area (TPSA) is 287 Å². The number of carbonyl (C=O) groups is 5. The molecule has 6 aromatic heterocycles. The first-order chi connectivity index (χ1) is 36.8. The number of anilines is 5. The standard InChI is InChI=1S/C17H13ClN2O5S.C16H11ClN2O5S.C10H9NO4S.C7H4ClNO/c1-20(17(23)19-11-6-4-3-5-10(11)18)14-8-12-13(26-14)7-9(15(21)24-2)16(22)25-12;1-19(16(23)18-10-5-3-2-4-9(10)17)13-7-11-12(25-13)6-8(14(20)21)15(22)24-11;1-11-8-4-6-7(16-8)3-5(9(12)14-2)10(13)15-6;8-6-3-1-2-4-7(6)9-5-10/h3-8H,1-2H3,(H,19,23);2-7H,1H3,(H,18,23)(H,20,21);3-4,11H,1-2H3;1-4H. The number of halogens is 3. The van der Waals surface area contributed by atoms with Crippen LogP contribution >= 0.6 is 68.8 Å². The number of aromatic carboxylic acids is 1. The first kappa shape index (κ1) is 57.7. The number of isocyanates is 1. The molecule has 0 aliphatic carbocycles. The number of esters is 2. The van der Waals surface area contributed by atoms with Crippen molar-refractivity contribution in [3.63, 3.8) is 0 Å². The second-order valence-corrected chi connectivity index (χ2v) is 19.4. The fourth-order valence-corrected chi connectivity index (χ4v) is 9.54. The molecule has 21 nitrogen and oxygen atoms in total. The van der Waals surface area contributed by atoms with Gasteiger partial charge in [0.15, 0.2) is 16.7 Å².